The number of aliphatic hydroxyl groups is 1. The Labute approximate surface area is 91.0 Å². The monoisotopic (exact) mass is 228 g/mol. The molecule has 15 heavy (non-hydrogen) atoms. The molecule has 1 saturated heterocycles. The minimum absolute atomic E-state index is 0.246. The third-order valence-corrected chi connectivity index (χ3v) is 3.34. The van der Waals surface area contributed by atoms with Crippen molar-refractivity contribution >= 4 is 17.3 Å². The first-order valence-electron chi connectivity index (χ1n) is 4.73. The molecule has 6 heteroatoms. The molecule has 82 valence electrons. The van der Waals surface area contributed by atoms with E-state index < -0.39 is 5.97 Å². The highest BCUT2D eigenvalue weighted by Gasteiger charge is 2.21. The fourth-order valence-electron chi connectivity index (χ4n) is 1.63. The molecule has 0 amide bonds. The normalized spacial score (nSPS) is 22.1. The van der Waals surface area contributed by atoms with Crippen molar-refractivity contribution in [1.29, 1.82) is 0 Å². The lowest BCUT2D eigenvalue weighted by Crippen LogP contribution is -2.21. The molecule has 1 atom stereocenters. The molecule has 1 aliphatic heterocycles. The van der Waals surface area contributed by atoms with Gasteiger partial charge in [0.15, 0.2) is 0 Å². The van der Waals surface area contributed by atoms with Gasteiger partial charge in [0.25, 0.3) is 0 Å². The van der Waals surface area contributed by atoms with Crippen molar-refractivity contribution in [1.82, 2.24) is 9.88 Å². The summed E-state index contributed by atoms with van der Waals surface area (Å²) < 4.78 is 0. The highest BCUT2D eigenvalue weighted by Crippen LogP contribution is 2.17. The second kappa shape index (κ2) is 4.26. The third-order valence-electron chi connectivity index (χ3n) is 2.37. The average Bonchev–Trinajstić information content (AvgIpc) is 2.76. The van der Waals surface area contributed by atoms with Crippen molar-refractivity contribution in [3.63, 3.8) is 0 Å². The van der Waals surface area contributed by atoms with Crippen molar-refractivity contribution in [2.45, 2.75) is 19.1 Å². The van der Waals surface area contributed by atoms with Crippen LogP contribution in [0.15, 0.2) is 6.20 Å². The van der Waals surface area contributed by atoms with Crippen molar-refractivity contribution in [3.05, 3.63) is 16.1 Å². The number of aromatic nitrogens is 1. The van der Waals surface area contributed by atoms with Gasteiger partial charge < -0.3 is 10.2 Å². The standard InChI is InChI=1S/C9H12N2O3S/c12-6-1-2-11(4-6)5-8-10-3-7(15-8)9(13)14/h3,6,12H,1-2,4-5H2,(H,13,14). The van der Waals surface area contributed by atoms with Crippen LogP contribution in [0.2, 0.25) is 0 Å². The molecule has 0 saturated carbocycles. The van der Waals surface area contributed by atoms with Gasteiger partial charge in [0.05, 0.1) is 18.8 Å². The summed E-state index contributed by atoms with van der Waals surface area (Å²) in [6, 6.07) is 0. The van der Waals surface area contributed by atoms with E-state index in [1.54, 1.807) is 0 Å². The van der Waals surface area contributed by atoms with Crippen LogP contribution < -0.4 is 0 Å². The molecule has 1 aromatic rings. The van der Waals surface area contributed by atoms with E-state index in [4.69, 9.17) is 5.11 Å². The van der Waals surface area contributed by atoms with E-state index in [2.05, 4.69) is 9.88 Å². The Morgan fingerprint density at radius 2 is 2.53 bits per heavy atom. The number of thiazole rings is 1. The summed E-state index contributed by atoms with van der Waals surface area (Å²) in [5.41, 5.74) is 0. The maximum Gasteiger partial charge on any atom is 0.347 e. The van der Waals surface area contributed by atoms with E-state index in [9.17, 15) is 9.90 Å². The fourth-order valence-corrected chi connectivity index (χ4v) is 2.43. The van der Waals surface area contributed by atoms with Crippen molar-refractivity contribution in [2.24, 2.45) is 0 Å². The first-order valence-corrected chi connectivity index (χ1v) is 5.55. The number of rotatable bonds is 3. The number of hydrogen-bond acceptors (Lipinski definition) is 5. The molecule has 1 aromatic heterocycles. The van der Waals surface area contributed by atoms with Gasteiger partial charge in [0.1, 0.15) is 9.88 Å². The van der Waals surface area contributed by atoms with Gasteiger partial charge in [0.2, 0.25) is 0 Å². The first kappa shape index (κ1) is 10.5. The Balaban J connectivity index is 1.96. The number of hydrogen-bond donors (Lipinski definition) is 2. The highest BCUT2D eigenvalue weighted by molar-refractivity contribution is 7.13. The number of aliphatic hydroxyl groups excluding tert-OH is 1. The second-order valence-electron chi connectivity index (χ2n) is 3.60. The minimum Gasteiger partial charge on any atom is -0.477 e. The number of nitrogens with zero attached hydrogens (tertiary/aromatic N) is 2. The van der Waals surface area contributed by atoms with Crippen LogP contribution in [0.1, 0.15) is 21.1 Å². The van der Waals surface area contributed by atoms with Gasteiger partial charge in [-0.05, 0) is 6.42 Å². The molecule has 5 nitrogen and oxygen atoms in total. The molecule has 0 aliphatic carbocycles. The van der Waals surface area contributed by atoms with Crippen LogP contribution in [0.25, 0.3) is 0 Å². The van der Waals surface area contributed by atoms with Gasteiger partial charge in [-0.25, -0.2) is 9.78 Å². The predicted octanol–water partition coefficient (Wildman–Crippen LogP) is 0.408. The van der Waals surface area contributed by atoms with Crippen LogP contribution in [-0.2, 0) is 6.54 Å². The Morgan fingerprint density at radius 3 is 3.07 bits per heavy atom. The predicted molar refractivity (Wildman–Crippen MR) is 55.0 cm³/mol. The summed E-state index contributed by atoms with van der Waals surface area (Å²) in [5.74, 6) is -0.930. The Morgan fingerprint density at radius 1 is 1.73 bits per heavy atom. The van der Waals surface area contributed by atoms with Crippen LogP contribution in [0.3, 0.4) is 0 Å². The van der Waals surface area contributed by atoms with Crippen LogP contribution >= 0.6 is 11.3 Å². The van der Waals surface area contributed by atoms with E-state index in [0.717, 1.165) is 18.0 Å². The van der Waals surface area contributed by atoms with Gasteiger partial charge in [0, 0.05) is 13.1 Å². The Hall–Kier alpha value is -0.980. The summed E-state index contributed by atoms with van der Waals surface area (Å²) in [7, 11) is 0. The third kappa shape index (κ3) is 2.53. The minimum atomic E-state index is -0.930. The molecule has 0 aromatic carbocycles. The average molecular weight is 228 g/mol. The van der Waals surface area contributed by atoms with E-state index in [-0.39, 0.29) is 11.0 Å². The van der Waals surface area contributed by atoms with Gasteiger partial charge in [-0.1, -0.05) is 0 Å². The van der Waals surface area contributed by atoms with Crippen LogP contribution in [0, 0.1) is 0 Å². The topological polar surface area (TPSA) is 73.7 Å². The number of β-amino-alcohol motifs (C(OH)–C–C–N with tert-alkyl or cyclic N) is 1. The maximum absolute atomic E-state index is 10.6. The van der Waals surface area contributed by atoms with E-state index in [0.29, 0.717) is 13.1 Å². The van der Waals surface area contributed by atoms with E-state index in [1.165, 1.54) is 17.5 Å². The molecule has 1 aliphatic rings. The number of likely N-dealkylation sites (tertiary alicyclic amines) is 1. The summed E-state index contributed by atoms with van der Waals surface area (Å²) >= 11 is 1.20. The summed E-state index contributed by atoms with van der Waals surface area (Å²) in [6.45, 7) is 2.14. The number of carbonyl (C=O) groups is 1. The van der Waals surface area contributed by atoms with Crippen LogP contribution in [0.5, 0.6) is 0 Å². The summed E-state index contributed by atoms with van der Waals surface area (Å²) in [6.07, 6.45) is 1.93. The van der Waals surface area contributed by atoms with Gasteiger partial charge in [-0.3, -0.25) is 4.90 Å². The molecule has 0 bridgehead atoms. The molecule has 1 fully saturated rings. The largest absolute Gasteiger partial charge is 0.477 e. The SMILES string of the molecule is O=C(O)c1cnc(CN2CCC(O)C2)s1. The van der Waals surface area contributed by atoms with Gasteiger partial charge in [-0.2, -0.15) is 0 Å². The summed E-state index contributed by atoms with van der Waals surface area (Å²) in [5, 5.41) is 18.8. The lowest BCUT2D eigenvalue weighted by atomic mass is 10.3. The molecule has 2 rings (SSSR count). The van der Waals surface area contributed by atoms with Crippen LogP contribution in [0.4, 0.5) is 0 Å². The smallest absolute Gasteiger partial charge is 0.347 e. The molecule has 0 spiro atoms. The zero-order valence-electron chi connectivity index (χ0n) is 8.09. The lowest BCUT2D eigenvalue weighted by Gasteiger charge is -2.11. The zero-order chi connectivity index (χ0) is 10.8. The van der Waals surface area contributed by atoms with Gasteiger partial charge >= 0.3 is 5.97 Å². The molecular weight excluding hydrogens is 216 g/mol. The van der Waals surface area contributed by atoms with Crippen molar-refractivity contribution in [2.75, 3.05) is 13.1 Å². The summed E-state index contributed by atoms with van der Waals surface area (Å²) in [4.78, 5) is 17.0. The van der Waals surface area contributed by atoms with Gasteiger partial charge in [-0.15, -0.1) is 11.3 Å². The number of aromatic carboxylic acids is 1. The number of carboxylic acid groups (broad SMARTS) is 1. The quantitative estimate of drug-likeness (QED) is 0.783. The first-order chi connectivity index (χ1) is 7.15. The molecular formula is C9H12N2O3S. The van der Waals surface area contributed by atoms with E-state index in [1.807, 2.05) is 0 Å². The van der Waals surface area contributed by atoms with Crippen molar-refractivity contribution < 1.29 is 15.0 Å². The Bertz CT molecular complexity index is 366. The number of carboxylic acids is 1. The molecule has 1 unspecified atom stereocenters. The van der Waals surface area contributed by atoms with Crippen molar-refractivity contribution in [3.8, 4) is 0 Å². The molecule has 2 N–H and O–H groups in total. The highest BCUT2D eigenvalue weighted by atomic mass is 32.1. The van der Waals surface area contributed by atoms with E-state index >= 15 is 0 Å². The maximum atomic E-state index is 10.6. The fraction of sp³-hybridized carbons (Fsp3) is 0.556. The zero-order valence-corrected chi connectivity index (χ0v) is 8.90. The second-order valence-corrected chi connectivity index (χ2v) is 4.72. The molecule has 2 heterocycles. The molecule has 0 radical (unpaired) electrons. The Kier molecular flexibility index (Phi) is 2.99. The van der Waals surface area contributed by atoms with Crippen LogP contribution in [-0.4, -0.2) is 45.3 Å². The lowest BCUT2D eigenvalue weighted by molar-refractivity contribution is 0.0702.